The van der Waals surface area contributed by atoms with E-state index < -0.39 is 0 Å². The highest BCUT2D eigenvalue weighted by molar-refractivity contribution is 5.96. The maximum absolute atomic E-state index is 10.0. The number of nitrogens with two attached hydrogens (primary N) is 2. The average molecular weight is 321 g/mol. The van der Waals surface area contributed by atoms with Gasteiger partial charge in [-0.15, -0.1) is 5.10 Å². The van der Waals surface area contributed by atoms with E-state index in [1.54, 1.807) is 42.6 Å². The van der Waals surface area contributed by atoms with Crippen LogP contribution in [-0.2, 0) is 0 Å². The van der Waals surface area contributed by atoms with E-state index in [4.69, 9.17) is 22.3 Å². The first-order valence-electron chi connectivity index (χ1n) is 7.00. The summed E-state index contributed by atoms with van der Waals surface area (Å²) in [4.78, 5) is 0. The van der Waals surface area contributed by atoms with Crippen molar-refractivity contribution in [2.24, 2.45) is 11.5 Å². The summed E-state index contributed by atoms with van der Waals surface area (Å²) in [7, 11) is 0. The molecule has 120 valence electrons. The topological polar surface area (TPSA) is 151 Å². The molecule has 1 heterocycles. The van der Waals surface area contributed by atoms with E-state index in [0.29, 0.717) is 22.5 Å². The van der Waals surface area contributed by atoms with Gasteiger partial charge in [-0.25, -0.2) is 4.68 Å². The van der Waals surface area contributed by atoms with Crippen LogP contribution in [0, 0.1) is 10.8 Å². The molecule has 0 bridgehead atoms. The van der Waals surface area contributed by atoms with Crippen LogP contribution in [0.25, 0.3) is 16.9 Å². The van der Waals surface area contributed by atoms with E-state index in [0.717, 1.165) is 5.56 Å². The summed E-state index contributed by atoms with van der Waals surface area (Å²) < 4.78 is 1.41. The Morgan fingerprint density at radius 3 is 2.21 bits per heavy atom. The van der Waals surface area contributed by atoms with Crippen LogP contribution < -0.4 is 11.5 Å². The van der Waals surface area contributed by atoms with Crippen LogP contribution in [0.2, 0.25) is 0 Å². The van der Waals surface area contributed by atoms with Crippen LogP contribution in [0.3, 0.4) is 0 Å². The van der Waals surface area contributed by atoms with E-state index >= 15 is 0 Å². The van der Waals surface area contributed by atoms with Crippen molar-refractivity contribution in [2.45, 2.75) is 0 Å². The second-order valence-electron chi connectivity index (χ2n) is 5.16. The Morgan fingerprint density at radius 1 is 0.958 bits per heavy atom. The quantitative estimate of drug-likeness (QED) is 0.361. The molecule has 2 aromatic carbocycles. The first-order chi connectivity index (χ1) is 11.5. The number of phenols is 1. The minimum atomic E-state index is -0.101. The Kier molecular flexibility index (Phi) is 3.70. The molecule has 0 saturated carbocycles. The zero-order valence-corrected chi connectivity index (χ0v) is 12.6. The van der Waals surface area contributed by atoms with Gasteiger partial charge < -0.3 is 16.6 Å². The molecule has 0 unspecified atom stereocenters. The molecule has 1 aromatic heterocycles. The minimum Gasteiger partial charge on any atom is -0.506 e. The highest BCUT2D eigenvalue weighted by Crippen LogP contribution is 2.24. The van der Waals surface area contributed by atoms with Crippen molar-refractivity contribution >= 4 is 11.7 Å². The predicted octanol–water partition coefficient (Wildman–Crippen LogP) is 1.21. The molecule has 8 heteroatoms. The van der Waals surface area contributed by atoms with Crippen LogP contribution >= 0.6 is 0 Å². The van der Waals surface area contributed by atoms with Gasteiger partial charge in [-0.2, -0.15) is 0 Å². The number of aromatic nitrogens is 3. The normalized spacial score (nSPS) is 10.5. The summed E-state index contributed by atoms with van der Waals surface area (Å²) >= 11 is 0. The first kappa shape index (κ1) is 15.2. The van der Waals surface area contributed by atoms with Gasteiger partial charge in [0.1, 0.15) is 28.8 Å². The minimum absolute atomic E-state index is 0.00313. The van der Waals surface area contributed by atoms with Crippen molar-refractivity contribution < 1.29 is 5.11 Å². The third-order valence-electron chi connectivity index (χ3n) is 3.52. The zero-order valence-electron chi connectivity index (χ0n) is 12.6. The molecule has 0 radical (unpaired) electrons. The molecule has 7 N–H and O–H groups in total. The Labute approximate surface area is 137 Å². The van der Waals surface area contributed by atoms with Crippen LogP contribution in [-0.4, -0.2) is 31.8 Å². The van der Waals surface area contributed by atoms with Crippen LogP contribution in [0.15, 0.2) is 48.7 Å². The summed E-state index contributed by atoms with van der Waals surface area (Å²) in [5, 5.41) is 33.0. The number of amidine groups is 2. The molecule has 0 fully saturated rings. The fraction of sp³-hybridized carbons (Fsp3) is 0. The van der Waals surface area contributed by atoms with Crippen molar-refractivity contribution in [1.82, 2.24) is 15.0 Å². The van der Waals surface area contributed by atoms with Crippen LogP contribution in [0.4, 0.5) is 0 Å². The Balaban J connectivity index is 1.97. The largest absolute Gasteiger partial charge is 0.506 e. The average Bonchev–Trinajstić information content (AvgIpc) is 3.05. The summed E-state index contributed by atoms with van der Waals surface area (Å²) in [6, 6.07) is 11.6. The molecule has 0 amide bonds. The van der Waals surface area contributed by atoms with E-state index in [-0.39, 0.29) is 17.4 Å². The van der Waals surface area contributed by atoms with Crippen molar-refractivity contribution in [1.29, 1.82) is 10.8 Å². The molecule has 0 saturated heterocycles. The fourth-order valence-electron chi connectivity index (χ4n) is 2.21. The van der Waals surface area contributed by atoms with Gasteiger partial charge in [-0.05, 0) is 18.2 Å². The SMILES string of the molecule is N=C(N)c1ccc(-c2cn(-c3cc(C(=N)N)ccc3O)nn2)cc1. The molecule has 24 heavy (non-hydrogen) atoms. The van der Waals surface area contributed by atoms with Gasteiger partial charge >= 0.3 is 0 Å². The molecule has 0 aliphatic heterocycles. The second-order valence-corrected chi connectivity index (χ2v) is 5.16. The predicted molar refractivity (Wildman–Crippen MR) is 90.5 cm³/mol. The van der Waals surface area contributed by atoms with Crippen molar-refractivity contribution in [3.8, 4) is 22.7 Å². The maximum Gasteiger partial charge on any atom is 0.141 e. The van der Waals surface area contributed by atoms with Crippen molar-refractivity contribution in [3.05, 3.63) is 59.8 Å². The number of phenolic OH excluding ortho intramolecular Hbond substituents is 1. The molecular weight excluding hydrogens is 306 g/mol. The number of nitrogens with zero attached hydrogens (tertiary/aromatic N) is 3. The van der Waals surface area contributed by atoms with Crippen molar-refractivity contribution in [2.75, 3.05) is 0 Å². The van der Waals surface area contributed by atoms with Gasteiger partial charge in [0.05, 0.1) is 6.20 Å². The third-order valence-corrected chi connectivity index (χ3v) is 3.52. The second kappa shape index (κ2) is 5.84. The lowest BCUT2D eigenvalue weighted by atomic mass is 10.1. The van der Waals surface area contributed by atoms with Gasteiger partial charge in [0.25, 0.3) is 0 Å². The molecule has 0 atom stereocenters. The van der Waals surface area contributed by atoms with Crippen LogP contribution in [0.1, 0.15) is 11.1 Å². The lowest BCUT2D eigenvalue weighted by Gasteiger charge is -2.06. The monoisotopic (exact) mass is 321 g/mol. The number of hydrogen-bond acceptors (Lipinski definition) is 5. The lowest BCUT2D eigenvalue weighted by Crippen LogP contribution is -2.11. The molecule has 3 rings (SSSR count). The van der Waals surface area contributed by atoms with E-state index in [1.807, 2.05) is 0 Å². The zero-order chi connectivity index (χ0) is 17.3. The number of nitrogens with one attached hydrogen (secondary N) is 2. The number of nitrogen functional groups attached to an aromatic ring is 2. The fourth-order valence-corrected chi connectivity index (χ4v) is 2.21. The lowest BCUT2D eigenvalue weighted by molar-refractivity contribution is 0.469. The van der Waals surface area contributed by atoms with E-state index in [2.05, 4.69) is 10.3 Å². The maximum atomic E-state index is 10.0. The Hall–Kier alpha value is -3.68. The standard InChI is InChI=1S/C16H15N7O/c17-15(18)10-3-1-9(2-4-10)12-8-23(22-21-12)13-7-11(16(19)20)5-6-14(13)24/h1-8,24H,(H3,17,18)(H3,19,20). The number of benzene rings is 2. The molecule has 0 aliphatic rings. The summed E-state index contributed by atoms with van der Waals surface area (Å²) in [5.41, 5.74) is 13.8. The molecule has 0 spiro atoms. The smallest absolute Gasteiger partial charge is 0.141 e. The van der Waals surface area contributed by atoms with Crippen molar-refractivity contribution in [3.63, 3.8) is 0 Å². The highest BCUT2D eigenvalue weighted by Gasteiger charge is 2.11. The summed E-state index contributed by atoms with van der Waals surface area (Å²) in [5.74, 6) is -0.101. The van der Waals surface area contributed by atoms with E-state index in [1.165, 1.54) is 10.7 Å². The number of aromatic hydroxyl groups is 1. The molecular formula is C16H15N7O. The Bertz CT molecular complexity index is 928. The number of hydrogen-bond donors (Lipinski definition) is 5. The molecule has 8 nitrogen and oxygen atoms in total. The van der Waals surface area contributed by atoms with Crippen LogP contribution in [0.5, 0.6) is 5.75 Å². The molecule has 3 aromatic rings. The summed E-state index contributed by atoms with van der Waals surface area (Å²) in [6.45, 7) is 0. The number of rotatable bonds is 4. The first-order valence-corrected chi connectivity index (χ1v) is 7.00. The third kappa shape index (κ3) is 2.80. The van der Waals surface area contributed by atoms with Gasteiger partial charge in [0.2, 0.25) is 0 Å². The Morgan fingerprint density at radius 2 is 1.58 bits per heavy atom. The summed E-state index contributed by atoms with van der Waals surface area (Å²) in [6.07, 6.45) is 1.65. The van der Waals surface area contributed by atoms with Gasteiger partial charge in [0.15, 0.2) is 0 Å². The van der Waals surface area contributed by atoms with Gasteiger partial charge in [-0.3, -0.25) is 10.8 Å². The van der Waals surface area contributed by atoms with E-state index in [9.17, 15) is 5.11 Å². The highest BCUT2D eigenvalue weighted by atomic mass is 16.3. The van der Waals surface area contributed by atoms with Gasteiger partial charge in [0, 0.05) is 16.7 Å². The van der Waals surface area contributed by atoms with Gasteiger partial charge in [-0.1, -0.05) is 29.5 Å². The molecule has 0 aliphatic carbocycles.